The van der Waals surface area contributed by atoms with Crippen molar-refractivity contribution in [1.82, 2.24) is 20.2 Å². The Morgan fingerprint density at radius 2 is 1.88 bits per heavy atom. The maximum Gasteiger partial charge on any atom is 0.347 e. The summed E-state index contributed by atoms with van der Waals surface area (Å²) in [5.41, 5.74) is 6.77. The molecule has 0 spiro atoms. The molecule has 4 aromatic rings. The van der Waals surface area contributed by atoms with Crippen LogP contribution in [-0.2, 0) is 0 Å². The maximum absolute atomic E-state index is 16.2. The number of likely N-dealkylation sites (tertiary alicyclic amines) is 1. The number of fused-ring (bicyclic) bond motifs is 4. The number of anilines is 2. The molecule has 3 atom stereocenters. The smallest absolute Gasteiger partial charge is 0.347 e. The molecule has 0 saturated carbocycles. The van der Waals surface area contributed by atoms with E-state index in [1.165, 1.54) is 30.7 Å². The number of rotatable bonds is 2. The van der Waals surface area contributed by atoms with E-state index in [-0.39, 0.29) is 21.7 Å². The van der Waals surface area contributed by atoms with E-state index in [0.29, 0.717) is 53.0 Å². The summed E-state index contributed by atoms with van der Waals surface area (Å²) in [5.74, 6) is -0.200. The number of piperazine rings is 1. The lowest BCUT2D eigenvalue weighted by atomic mass is 9.96. The van der Waals surface area contributed by atoms with Gasteiger partial charge in [0, 0.05) is 62.7 Å². The highest BCUT2D eigenvalue weighted by Gasteiger charge is 2.34. The Labute approximate surface area is 260 Å². The first kappa shape index (κ1) is 31.2. The van der Waals surface area contributed by atoms with Crippen LogP contribution in [0.3, 0.4) is 0 Å². The Morgan fingerprint density at radius 3 is 2.47 bits per heavy atom. The molecular weight excluding hydrogens is 585 g/mol. The number of halogens is 2. The van der Waals surface area contributed by atoms with E-state index in [4.69, 9.17) is 17.3 Å². The number of nitrogens with two attached hydrogens (primary N) is 1. The van der Waals surface area contributed by atoms with Crippen molar-refractivity contribution in [3.8, 4) is 17.2 Å². The minimum atomic E-state index is -0.643. The third kappa shape index (κ3) is 5.84. The summed E-state index contributed by atoms with van der Waals surface area (Å²) in [6.45, 7) is 10.8. The number of thiophene rings is 1. The molecular formula is C32H39ClFN7OS. The summed E-state index contributed by atoms with van der Waals surface area (Å²) in [6.07, 6.45) is 4.93. The third-order valence-electron chi connectivity index (χ3n) is 8.73. The standard InChI is InChI=1S/C24H20ClFN6OS.C6H13N.C2H6/c1-10-18(19-14(7-27)16(28)4-5-17(19)34-10)20-15(25)6-13-22(21(20)26)30-24(33)31-23(13)32-8-11-2-3-12(9-32)29-11;1-6-4-3-5-7(6)2;1-2/h4-6,11-12,29H,2-3,8-9,28H2,1H3,(H,30,31,33);6H,3-5H2,1-2H3;1-2H3/t;6-;/m.1./s1. The van der Waals surface area contributed by atoms with Crippen molar-refractivity contribution in [2.45, 2.75) is 71.5 Å². The number of H-pyrrole nitrogens is 1. The van der Waals surface area contributed by atoms with E-state index in [1.54, 1.807) is 12.1 Å². The highest BCUT2D eigenvalue weighted by atomic mass is 35.5. The predicted octanol–water partition coefficient (Wildman–Crippen LogP) is 6.43. The first-order valence-corrected chi connectivity index (χ1v) is 16.2. The van der Waals surface area contributed by atoms with Gasteiger partial charge < -0.3 is 25.8 Å². The monoisotopic (exact) mass is 623 g/mol. The minimum absolute atomic E-state index is 0.0569. The van der Waals surface area contributed by atoms with Crippen LogP contribution >= 0.6 is 22.9 Å². The van der Waals surface area contributed by atoms with Gasteiger partial charge in [0.15, 0.2) is 5.82 Å². The van der Waals surface area contributed by atoms with Gasteiger partial charge in [-0.3, -0.25) is 0 Å². The first-order chi connectivity index (χ1) is 20.7. The zero-order valence-electron chi connectivity index (χ0n) is 25.4. The van der Waals surface area contributed by atoms with E-state index in [9.17, 15) is 10.1 Å². The summed E-state index contributed by atoms with van der Waals surface area (Å²) in [5, 5.41) is 14.5. The van der Waals surface area contributed by atoms with Gasteiger partial charge in [-0.25, -0.2) is 9.18 Å². The van der Waals surface area contributed by atoms with E-state index in [1.807, 2.05) is 31.7 Å². The van der Waals surface area contributed by atoms with Crippen LogP contribution in [0.4, 0.5) is 15.9 Å². The SMILES string of the molecule is CC.C[C@@H]1CCCN1C.Cc1sc2ccc(N)c(C#N)c2c1-c1c(Cl)cc2c(N3CC4CCC(C3)N4)nc(=O)[nH]c2c1F. The van der Waals surface area contributed by atoms with Gasteiger partial charge in [-0.05, 0) is 71.3 Å². The van der Waals surface area contributed by atoms with Crippen molar-refractivity contribution < 1.29 is 4.39 Å². The van der Waals surface area contributed by atoms with Crippen molar-refractivity contribution >= 4 is 55.4 Å². The van der Waals surface area contributed by atoms with Gasteiger partial charge in [-0.1, -0.05) is 25.4 Å². The van der Waals surface area contributed by atoms with E-state index in [0.717, 1.165) is 28.5 Å². The zero-order chi connectivity index (χ0) is 31.0. The summed E-state index contributed by atoms with van der Waals surface area (Å²) in [7, 11) is 2.19. The normalized spacial score (nSPS) is 21.3. The molecule has 2 bridgehead atoms. The van der Waals surface area contributed by atoms with Gasteiger partial charge in [0.25, 0.3) is 0 Å². The second-order valence-electron chi connectivity index (χ2n) is 11.4. The molecule has 43 heavy (non-hydrogen) atoms. The molecule has 228 valence electrons. The highest BCUT2D eigenvalue weighted by Crippen LogP contribution is 2.46. The molecule has 3 aliphatic rings. The maximum atomic E-state index is 16.2. The van der Waals surface area contributed by atoms with Gasteiger partial charge in [0.1, 0.15) is 11.9 Å². The molecule has 2 unspecified atom stereocenters. The zero-order valence-corrected chi connectivity index (χ0v) is 26.9. The summed E-state index contributed by atoms with van der Waals surface area (Å²) in [4.78, 5) is 24.6. The lowest BCUT2D eigenvalue weighted by Crippen LogP contribution is -2.51. The molecule has 2 aromatic carbocycles. The molecule has 3 fully saturated rings. The van der Waals surface area contributed by atoms with Crippen LogP contribution in [0.2, 0.25) is 5.02 Å². The Kier molecular flexibility index (Phi) is 9.28. The number of hydrogen-bond donors (Lipinski definition) is 3. The van der Waals surface area contributed by atoms with Gasteiger partial charge in [0.2, 0.25) is 0 Å². The summed E-state index contributed by atoms with van der Waals surface area (Å²) < 4.78 is 17.0. The minimum Gasteiger partial charge on any atom is -0.398 e. The van der Waals surface area contributed by atoms with Crippen LogP contribution in [-0.4, -0.2) is 59.7 Å². The van der Waals surface area contributed by atoms with Crippen LogP contribution in [0.15, 0.2) is 23.0 Å². The molecule has 11 heteroatoms. The molecule has 0 radical (unpaired) electrons. The third-order valence-corrected chi connectivity index (χ3v) is 10.1. The fourth-order valence-corrected chi connectivity index (χ4v) is 7.84. The Morgan fingerprint density at radius 1 is 1.19 bits per heavy atom. The summed E-state index contributed by atoms with van der Waals surface area (Å²) in [6, 6.07) is 8.81. The average molecular weight is 624 g/mol. The number of nitriles is 1. The number of aryl methyl sites for hydroxylation is 1. The first-order valence-electron chi connectivity index (χ1n) is 15.0. The molecule has 5 heterocycles. The van der Waals surface area contributed by atoms with Crippen LogP contribution in [0.5, 0.6) is 0 Å². The van der Waals surface area contributed by atoms with Gasteiger partial charge >= 0.3 is 5.69 Å². The Hall–Kier alpha value is -3.23. The predicted molar refractivity (Wildman–Crippen MR) is 177 cm³/mol. The molecule has 0 aliphatic carbocycles. The lowest BCUT2D eigenvalue weighted by Gasteiger charge is -2.34. The highest BCUT2D eigenvalue weighted by molar-refractivity contribution is 7.19. The van der Waals surface area contributed by atoms with Gasteiger partial charge in [0.05, 0.1) is 21.8 Å². The Balaban J connectivity index is 0.000000357. The van der Waals surface area contributed by atoms with Crippen LogP contribution < -0.4 is 21.6 Å². The number of nitrogens with one attached hydrogen (secondary N) is 2. The number of benzene rings is 2. The second-order valence-corrected chi connectivity index (χ2v) is 13.1. The van der Waals surface area contributed by atoms with E-state index >= 15 is 4.39 Å². The second kappa shape index (κ2) is 12.8. The van der Waals surface area contributed by atoms with Gasteiger partial charge in [-0.2, -0.15) is 10.2 Å². The number of aromatic amines is 1. The van der Waals surface area contributed by atoms with Crippen LogP contribution in [0.1, 0.15) is 56.9 Å². The molecule has 3 saturated heterocycles. The van der Waals surface area contributed by atoms with E-state index < -0.39 is 11.5 Å². The van der Waals surface area contributed by atoms with Gasteiger partial charge in [-0.15, -0.1) is 11.3 Å². The molecule has 4 N–H and O–H groups in total. The van der Waals surface area contributed by atoms with E-state index in [2.05, 4.69) is 40.2 Å². The Bertz CT molecular complexity index is 1740. The van der Waals surface area contributed by atoms with Crippen LogP contribution in [0, 0.1) is 24.1 Å². The molecule has 2 aromatic heterocycles. The number of nitrogen functional groups attached to an aromatic ring is 1. The molecule has 3 aliphatic heterocycles. The van der Waals surface area contributed by atoms with Crippen molar-refractivity contribution in [1.29, 1.82) is 5.26 Å². The molecule has 8 nitrogen and oxygen atoms in total. The average Bonchev–Trinajstić information content (AvgIpc) is 3.65. The van der Waals surface area contributed by atoms with Crippen molar-refractivity contribution in [2.24, 2.45) is 0 Å². The lowest BCUT2D eigenvalue weighted by molar-refractivity contribution is 0.331. The van der Waals surface area contributed by atoms with Crippen molar-refractivity contribution in [3.05, 3.63) is 50.0 Å². The van der Waals surface area contributed by atoms with Crippen LogP contribution in [0.25, 0.3) is 32.1 Å². The largest absolute Gasteiger partial charge is 0.398 e. The summed E-state index contributed by atoms with van der Waals surface area (Å²) >= 11 is 8.17. The molecule has 7 rings (SSSR count). The number of nitrogens with zero attached hydrogens (tertiary/aromatic N) is 4. The topological polar surface area (TPSA) is 114 Å². The fourth-order valence-electron chi connectivity index (χ4n) is 6.47. The van der Waals surface area contributed by atoms with Crippen molar-refractivity contribution in [2.75, 3.05) is 37.3 Å². The molecule has 0 amide bonds. The fraction of sp³-hybridized carbons (Fsp3) is 0.469. The number of aromatic nitrogens is 2. The number of hydrogen-bond acceptors (Lipinski definition) is 8. The quantitative estimate of drug-likeness (QED) is 0.221. The van der Waals surface area contributed by atoms with Crippen molar-refractivity contribution in [3.63, 3.8) is 0 Å².